The van der Waals surface area contributed by atoms with Gasteiger partial charge in [-0.25, -0.2) is 0 Å². The zero-order valence-electron chi connectivity index (χ0n) is 42.4. The highest BCUT2D eigenvalue weighted by atomic mass is 15.1. The van der Waals surface area contributed by atoms with E-state index in [0.29, 0.717) is 166 Å². The Hall–Kier alpha value is -13.3. The number of hydrogen-bond acceptors (Lipinski definition) is 10. The van der Waals surface area contributed by atoms with E-state index in [1.807, 2.05) is 68.3 Å². The van der Waals surface area contributed by atoms with Crippen molar-refractivity contribution in [3.63, 3.8) is 0 Å². The van der Waals surface area contributed by atoms with E-state index in [1.54, 1.807) is 116 Å². The molecule has 0 unspecified atom stereocenters. The highest BCUT2D eigenvalue weighted by molar-refractivity contribution is 6.18. The number of rotatable bonds is 5. The molecule has 370 valence electrons. The highest BCUT2D eigenvalue weighted by Crippen LogP contribution is 2.52. The second-order valence-electron chi connectivity index (χ2n) is 19.6. The minimum Gasteiger partial charge on any atom is -0.306 e. The standard InChI is InChI=1S/C68H28N14/c69-28-38-3-11-56-47(20-38)48-21-39(29-70)4-12-57(48)79(56)65-55(36-77)64(46-2-1-19-78-37-46)66(80-58-13-5-40(30-71)22-49(58)50-23-41(31-72)6-14-59(50)80)68(82-62-17-9-44(34-75)26-53(62)54-27-45(35-76)10-18-63(54)82)67(65)81-60-15-7-42(32-73)24-51(60)52-25-43(33-74)8-16-61(52)81/h1-27,37H. The molecule has 0 amide bonds. The molecule has 0 aliphatic rings. The topological polar surface area (TPSA) is 247 Å². The average Bonchev–Trinajstić information content (AvgIpc) is 3.34. The number of nitrogens with zero attached hydrogens (tertiary/aromatic N) is 14. The summed E-state index contributed by atoms with van der Waals surface area (Å²) < 4.78 is 8.15. The van der Waals surface area contributed by atoms with Crippen molar-refractivity contribution in [2.45, 2.75) is 0 Å². The van der Waals surface area contributed by atoms with E-state index < -0.39 is 0 Å². The molecule has 14 aromatic rings. The van der Waals surface area contributed by atoms with E-state index in [-0.39, 0.29) is 5.56 Å². The molecule has 0 saturated carbocycles. The van der Waals surface area contributed by atoms with Crippen LogP contribution in [0.1, 0.15) is 50.1 Å². The average molecular weight is 1040 g/mol. The zero-order valence-corrected chi connectivity index (χ0v) is 42.4. The lowest BCUT2D eigenvalue weighted by atomic mass is 9.93. The summed E-state index contributed by atoms with van der Waals surface area (Å²) in [5, 5.41) is 101. The van der Waals surface area contributed by atoms with Crippen LogP contribution in [0.3, 0.4) is 0 Å². The van der Waals surface area contributed by atoms with E-state index >= 15 is 0 Å². The Kier molecular flexibility index (Phi) is 10.3. The first-order chi connectivity index (χ1) is 40.3. The molecular weight excluding hydrogens is 1010 g/mol. The Morgan fingerprint density at radius 1 is 0.268 bits per heavy atom. The van der Waals surface area contributed by atoms with Gasteiger partial charge in [0.1, 0.15) is 6.07 Å². The summed E-state index contributed by atoms with van der Waals surface area (Å²) in [5.41, 5.74) is 10.2. The number of nitriles is 9. The van der Waals surface area contributed by atoms with Gasteiger partial charge in [-0.1, -0.05) is 6.07 Å². The molecular formula is C68H28N14. The number of pyridine rings is 1. The first-order valence-electron chi connectivity index (χ1n) is 25.4. The fourth-order valence-electron chi connectivity index (χ4n) is 12.1. The molecule has 0 atom stereocenters. The number of fused-ring (bicyclic) bond motifs is 12. The van der Waals surface area contributed by atoms with Crippen molar-refractivity contribution in [3.8, 4) is 88.5 Å². The monoisotopic (exact) mass is 1040 g/mol. The van der Waals surface area contributed by atoms with Crippen molar-refractivity contribution in [2.75, 3.05) is 0 Å². The minimum atomic E-state index is 0.142. The summed E-state index contributed by atoms with van der Waals surface area (Å²) >= 11 is 0. The summed E-state index contributed by atoms with van der Waals surface area (Å²) in [7, 11) is 0. The molecule has 0 N–H and O–H groups in total. The van der Waals surface area contributed by atoms with Gasteiger partial charge in [0.25, 0.3) is 0 Å². The quantitative estimate of drug-likeness (QED) is 0.158. The first-order valence-corrected chi connectivity index (χ1v) is 25.4. The van der Waals surface area contributed by atoms with E-state index in [9.17, 15) is 47.4 Å². The maximum atomic E-state index is 12.6. The van der Waals surface area contributed by atoms with Gasteiger partial charge in [-0.05, 0) is 152 Å². The third-order valence-corrected chi connectivity index (χ3v) is 15.4. The van der Waals surface area contributed by atoms with Gasteiger partial charge in [-0.15, -0.1) is 0 Å². The zero-order chi connectivity index (χ0) is 56.1. The van der Waals surface area contributed by atoms with Crippen LogP contribution in [0.5, 0.6) is 0 Å². The van der Waals surface area contributed by atoms with Gasteiger partial charge in [0.05, 0.1) is 166 Å². The Bertz CT molecular complexity index is 5420. The van der Waals surface area contributed by atoms with Crippen LogP contribution in [0.15, 0.2) is 170 Å². The molecule has 82 heavy (non-hydrogen) atoms. The molecule has 5 heterocycles. The Morgan fingerprint density at radius 2 is 0.512 bits per heavy atom. The molecule has 0 aliphatic heterocycles. The van der Waals surface area contributed by atoms with Crippen LogP contribution < -0.4 is 0 Å². The van der Waals surface area contributed by atoms with E-state index in [0.717, 1.165) is 0 Å². The fraction of sp³-hybridized carbons (Fsp3) is 0. The van der Waals surface area contributed by atoms with Gasteiger partial charge in [0, 0.05) is 66.6 Å². The van der Waals surface area contributed by atoms with E-state index in [2.05, 4.69) is 59.2 Å². The second-order valence-corrected chi connectivity index (χ2v) is 19.6. The van der Waals surface area contributed by atoms with Crippen molar-refractivity contribution >= 4 is 87.2 Å². The first kappa shape index (κ1) is 47.2. The lowest BCUT2D eigenvalue weighted by Crippen LogP contribution is -2.17. The summed E-state index contributed by atoms with van der Waals surface area (Å²) in [6, 6.07) is 67.5. The van der Waals surface area contributed by atoms with Crippen LogP contribution in [0.4, 0.5) is 0 Å². The molecule has 0 saturated heterocycles. The minimum absolute atomic E-state index is 0.142. The maximum absolute atomic E-state index is 12.6. The highest BCUT2D eigenvalue weighted by Gasteiger charge is 2.35. The van der Waals surface area contributed by atoms with Gasteiger partial charge >= 0.3 is 0 Å². The van der Waals surface area contributed by atoms with Gasteiger partial charge in [0.2, 0.25) is 0 Å². The van der Waals surface area contributed by atoms with Crippen molar-refractivity contribution < 1.29 is 0 Å². The van der Waals surface area contributed by atoms with Crippen LogP contribution in [-0.2, 0) is 0 Å². The predicted molar refractivity (Wildman–Crippen MR) is 309 cm³/mol. The smallest absolute Gasteiger partial charge is 0.102 e. The van der Waals surface area contributed by atoms with E-state index in [4.69, 9.17) is 4.98 Å². The summed E-state index contributed by atoms with van der Waals surface area (Å²) in [5.74, 6) is 0. The van der Waals surface area contributed by atoms with Crippen LogP contribution in [-0.4, -0.2) is 23.3 Å². The molecule has 5 aromatic heterocycles. The van der Waals surface area contributed by atoms with E-state index in [1.165, 1.54) is 0 Å². The summed E-state index contributed by atoms with van der Waals surface area (Å²) in [4.78, 5) is 4.69. The van der Waals surface area contributed by atoms with Crippen LogP contribution >= 0.6 is 0 Å². The number of hydrogen-bond donors (Lipinski definition) is 0. The number of benzene rings is 9. The third kappa shape index (κ3) is 6.62. The molecule has 0 aliphatic carbocycles. The summed E-state index contributed by atoms with van der Waals surface area (Å²) in [6.45, 7) is 0. The van der Waals surface area contributed by atoms with Gasteiger partial charge in [-0.3, -0.25) is 4.98 Å². The number of aromatic nitrogens is 5. The molecule has 0 bridgehead atoms. The third-order valence-electron chi connectivity index (χ3n) is 15.4. The van der Waals surface area contributed by atoms with Crippen molar-refractivity contribution in [3.05, 3.63) is 220 Å². The SMILES string of the molecule is N#Cc1ccc2c(c1)c1cc(C#N)ccc1n2-c1c(C#N)c(-c2cccnc2)c(-n2c3ccc(C#N)cc3c3cc(C#N)ccc32)c(-n2c3ccc(C#N)cc3c3cc(C#N)ccc32)c1-n1c2ccc(C#N)cc2c2cc(C#N)ccc21. The molecule has 0 radical (unpaired) electrons. The van der Waals surface area contributed by atoms with Crippen molar-refractivity contribution in [2.24, 2.45) is 0 Å². The Morgan fingerprint density at radius 3 is 0.744 bits per heavy atom. The molecule has 0 fully saturated rings. The van der Waals surface area contributed by atoms with Crippen LogP contribution in [0.25, 0.3) is 121 Å². The molecule has 14 nitrogen and oxygen atoms in total. The van der Waals surface area contributed by atoms with Crippen LogP contribution in [0, 0.1) is 102 Å². The maximum Gasteiger partial charge on any atom is 0.102 e. The molecule has 0 spiro atoms. The van der Waals surface area contributed by atoms with Gasteiger partial charge in [0.15, 0.2) is 0 Å². The predicted octanol–water partition coefficient (Wildman–Crippen LogP) is 14.0. The normalized spacial score (nSPS) is 11.1. The molecule has 14 heteroatoms. The molecule has 9 aromatic carbocycles. The Balaban J connectivity index is 1.38. The summed E-state index contributed by atoms with van der Waals surface area (Å²) in [6.07, 6.45) is 3.32. The van der Waals surface area contributed by atoms with Crippen LogP contribution in [0.2, 0.25) is 0 Å². The Labute approximate surface area is 464 Å². The van der Waals surface area contributed by atoms with Crippen molar-refractivity contribution in [1.82, 2.24) is 23.3 Å². The fourth-order valence-corrected chi connectivity index (χ4v) is 12.1. The lowest BCUT2D eigenvalue weighted by Gasteiger charge is -2.29. The van der Waals surface area contributed by atoms with Gasteiger partial charge in [-0.2, -0.15) is 47.4 Å². The van der Waals surface area contributed by atoms with Gasteiger partial charge < -0.3 is 18.3 Å². The van der Waals surface area contributed by atoms with Crippen molar-refractivity contribution in [1.29, 1.82) is 47.4 Å². The lowest BCUT2D eigenvalue weighted by molar-refractivity contribution is 1.02. The largest absolute Gasteiger partial charge is 0.306 e. The molecule has 14 rings (SSSR count). The second kappa shape index (κ2) is 17.9.